The van der Waals surface area contributed by atoms with Crippen molar-refractivity contribution in [2.75, 3.05) is 46.4 Å². The van der Waals surface area contributed by atoms with E-state index < -0.39 is 66.8 Å². The lowest BCUT2D eigenvalue weighted by atomic mass is 9.66. The van der Waals surface area contributed by atoms with Gasteiger partial charge in [-0.15, -0.1) is 11.8 Å². The van der Waals surface area contributed by atoms with Crippen molar-refractivity contribution in [3.05, 3.63) is 41.0 Å². The van der Waals surface area contributed by atoms with E-state index in [4.69, 9.17) is 47.4 Å². The van der Waals surface area contributed by atoms with Crippen LogP contribution in [0.5, 0.6) is 28.7 Å². The molecule has 4 heterocycles. The van der Waals surface area contributed by atoms with Gasteiger partial charge < -0.3 is 57.6 Å². The third kappa shape index (κ3) is 5.25. The number of carbonyl (C=O) groups is 1. The second-order valence-electron chi connectivity index (χ2n) is 11.5. The van der Waals surface area contributed by atoms with Gasteiger partial charge in [0.05, 0.1) is 39.5 Å². The molecule has 0 bridgehead atoms. The summed E-state index contributed by atoms with van der Waals surface area (Å²) in [7, 11) is 3.09. The number of carbonyl (C=O) groups excluding carboxylic acids is 1. The molecule has 2 aromatic carbocycles. The monoisotopic (exact) mass is 648 g/mol. The van der Waals surface area contributed by atoms with E-state index in [9.17, 15) is 15.0 Å². The maximum atomic E-state index is 13.5. The van der Waals surface area contributed by atoms with Gasteiger partial charge in [0.1, 0.15) is 30.4 Å². The number of thioether (sulfide) groups is 1. The normalized spacial score (nSPS) is 34.8. The molecule has 3 saturated heterocycles. The van der Waals surface area contributed by atoms with E-state index in [0.29, 0.717) is 40.2 Å². The molecule has 2 N–H and O–H groups in total. The first kappa shape index (κ1) is 30.7. The Morgan fingerprint density at radius 3 is 2.33 bits per heavy atom. The molecule has 7 rings (SSSR count). The molecular weight excluding hydrogens is 612 g/mol. The van der Waals surface area contributed by atoms with Crippen LogP contribution in [0.25, 0.3) is 0 Å². The highest BCUT2D eigenvalue weighted by Crippen LogP contribution is 2.57. The molecule has 10 atom stereocenters. The highest BCUT2D eigenvalue weighted by Gasteiger charge is 2.56. The number of methoxy groups -OCH3 is 2. The van der Waals surface area contributed by atoms with Crippen LogP contribution in [0.3, 0.4) is 0 Å². The summed E-state index contributed by atoms with van der Waals surface area (Å²) in [5.41, 5.74) is 2.19. The van der Waals surface area contributed by atoms with Gasteiger partial charge in [0, 0.05) is 11.8 Å². The fraction of sp³-hybridized carbons (Fsp3) is 0.581. The highest BCUT2D eigenvalue weighted by atomic mass is 32.2. The Morgan fingerprint density at radius 1 is 0.933 bits per heavy atom. The van der Waals surface area contributed by atoms with Gasteiger partial charge in [-0.1, -0.05) is 0 Å². The standard InChI is InChI=1S/C31H36O13S/c1-13-37-10-22-29(42-13)25(32)26(33)31(43-22)44-27-16-8-19-18(39-11-40-19)7-15(16)23(24-17(27)9-38-30(24)34)14-5-20(35-2)28(41-12-45-4)21(6-14)36-3/h5-8,13,17,22-27,29,31-33H,9-12H2,1-4H3/t13?,17-,22+,23+,24-,25+,26+,27+,29?,31-/m0/s1. The summed E-state index contributed by atoms with van der Waals surface area (Å²) in [5, 5.41) is 22.1. The van der Waals surface area contributed by atoms with E-state index in [1.165, 1.54) is 11.8 Å². The highest BCUT2D eigenvalue weighted by molar-refractivity contribution is 7.98. The molecule has 5 aliphatic rings. The first-order valence-electron chi connectivity index (χ1n) is 14.7. The molecule has 0 radical (unpaired) electrons. The van der Waals surface area contributed by atoms with Gasteiger partial charge in [0.2, 0.25) is 12.5 Å². The Bertz CT molecular complexity index is 1410. The van der Waals surface area contributed by atoms with Gasteiger partial charge in [-0.3, -0.25) is 4.79 Å². The van der Waals surface area contributed by atoms with Crippen LogP contribution in [0.2, 0.25) is 0 Å². The summed E-state index contributed by atoms with van der Waals surface area (Å²) in [6.07, 6.45) is -4.80. The van der Waals surface area contributed by atoms with Gasteiger partial charge in [-0.25, -0.2) is 0 Å². The molecule has 13 nitrogen and oxygen atoms in total. The fourth-order valence-corrected chi connectivity index (χ4v) is 7.22. The van der Waals surface area contributed by atoms with Gasteiger partial charge in [-0.2, -0.15) is 0 Å². The minimum absolute atomic E-state index is 0.0462. The van der Waals surface area contributed by atoms with Crippen molar-refractivity contribution in [2.45, 2.75) is 55.9 Å². The number of aliphatic hydroxyl groups is 2. The van der Waals surface area contributed by atoms with Crippen LogP contribution in [-0.4, -0.2) is 99.6 Å². The van der Waals surface area contributed by atoms with Gasteiger partial charge in [0.25, 0.3) is 0 Å². The van der Waals surface area contributed by atoms with E-state index in [-0.39, 0.29) is 20.0 Å². The number of ether oxygens (including phenoxy) is 10. The number of rotatable bonds is 8. The van der Waals surface area contributed by atoms with Crippen molar-refractivity contribution in [2.24, 2.45) is 11.8 Å². The molecule has 3 fully saturated rings. The van der Waals surface area contributed by atoms with Crippen LogP contribution < -0.4 is 23.7 Å². The zero-order valence-corrected chi connectivity index (χ0v) is 26.0. The predicted molar refractivity (Wildman–Crippen MR) is 156 cm³/mol. The minimum Gasteiger partial charge on any atom is -0.493 e. The van der Waals surface area contributed by atoms with E-state index in [0.717, 1.165) is 11.1 Å². The molecule has 1 aliphatic carbocycles. The topological polar surface area (TPSA) is 150 Å². The van der Waals surface area contributed by atoms with Crippen LogP contribution in [0, 0.1) is 11.8 Å². The Morgan fingerprint density at radius 2 is 1.64 bits per heavy atom. The molecule has 45 heavy (non-hydrogen) atoms. The molecule has 4 aliphatic heterocycles. The van der Waals surface area contributed by atoms with Crippen molar-refractivity contribution >= 4 is 17.7 Å². The summed E-state index contributed by atoms with van der Waals surface area (Å²) >= 11 is 1.51. The summed E-state index contributed by atoms with van der Waals surface area (Å²) in [6, 6.07) is 7.37. The number of hydrogen-bond acceptors (Lipinski definition) is 14. The third-order valence-corrected chi connectivity index (χ3v) is 9.40. The van der Waals surface area contributed by atoms with Gasteiger partial charge in [0.15, 0.2) is 35.6 Å². The number of benzene rings is 2. The lowest BCUT2D eigenvalue weighted by Crippen LogP contribution is -2.63. The lowest BCUT2D eigenvalue weighted by Gasteiger charge is -2.47. The molecule has 2 unspecified atom stereocenters. The zero-order valence-electron chi connectivity index (χ0n) is 25.2. The molecule has 0 saturated carbocycles. The summed E-state index contributed by atoms with van der Waals surface area (Å²) < 4.78 is 58.4. The molecule has 244 valence electrons. The number of esters is 1. The molecule has 0 amide bonds. The Balaban J connectivity index is 1.31. The van der Waals surface area contributed by atoms with Gasteiger partial charge in [-0.05, 0) is 54.1 Å². The summed E-state index contributed by atoms with van der Waals surface area (Å²) in [5.74, 6) is 0.730. The summed E-state index contributed by atoms with van der Waals surface area (Å²) in [4.78, 5) is 13.5. The Labute approximate surface area is 263 Å². The molecule has 0 spiro atoms. The maximum absolute atomic E-state index is 13.5. The number of aliphatic hydroxyl groups excluding tert-OH is 2. The molecule has 14 heteroatoms. The Kier molecular flexibility index (Phi) is 8.40. The van der Waals surface area contributed by atoms with Gasteiger partial charge >= 0.3 is 5.97 Å². The number of cyclic esters (lactones) is 1. The van der Waals surface area contributed by atoms with Crippen molar-refractivity contribution in [3.63, 3.8) is 0 Å². The van der Waals surface area contributed by atoms with Crippen molar-refractivity contribution in [1.82, 2.24) is 0 Å². The molecular formula is C31H36O13S. The third-order valence-electron chi connectivity index (χ3n) is 9.05. The smallest absolute Gasteiger partial charge is 0.310 e. The van der Waals surface area contributed by atoms with Crippen LogP contribution in [-0.2, 0) is 28.5 Å². The maximum Gasteiger partial charge on any atom is 0.310 e. The van der Waals surface area contributed by atoms with Crippen LogP contribution in [0.1, 0.15) is 35.6 Å². The van der Waals surface area contributed by atoms with Crippen LogP contribution in [0.4, 0.5) is 0 Å². The first-order chi connectivity index (χ1) is 21.8. The number of fused-ring (bicyclic) bond motifs is 4. The average molecular weight is 649 g/mol. The van der Waals surface area contributed by atoms with Crippen LogP contribution in [0.15, 0.2) is 24.3 Å². The fourth-order valence-electron chi connectivity index (χ4n) is 6.98. The quantitative estimate of drug-likeness (QED) is 0.318. The van der Waals surface area contributed by atoms with E-state index in [2.05, 4.69) is 0 Å². The van der Waals surface area contributed by atoms with E-state index >= 15 is 0 Å². The average Bonchev–Trinajstić information content (AvgIpc) is 3.67. The lowest BCUT2D eigenvalue weighted by molar-refractivity contribution is -0.364. The summed E-state index contributed by atoms with van der Waals surface area (Å²) in [6.45, 7) is 1.99. The van der Waals surface area contributed by atoms with E-state index in [1.807, 2.05) is 30.5 Å². The van der Waals surface area contributed by atoms with Crippen LogP contribution >= 0.6 is 11.8 Å². The second kappa shape index (κ2) is 12.3. The first-order valence-corrected chi connectivity index (χ1v) is 16.1. The SMILES string of the molecule is COc1cc([C@@H]2c3cc4c(cc3[C@@H](O[C@@H]3O[C@@H]5COC(C)OC5[C@H](O)[C@H]3O)[C@H]3COC(=O)[C@H]23)OCO4)cc(OC)c1OCSC. The molecule has 2 aromatic rings. The van der Waals surface area contributed by atoms with E-state index in [1.54, 1.807) is 21.1 Å². The van der Waals surface area contributed by atoms with Crippen molar-refractivity contribution in [3.8, 4) is 28.7 Å². The predicted octanol–water partition coefficient (Wildman–Crippen LogP) is 2.33. The minimum atomic E-state index is -1.43. The Hall–Kier alpha value is -2.98. The zero-order chi connectivity index (χ0) is 31.4. The number of hydrogen-bond donors (Lipinski definition) is 2. The molecule has 0 aromatic heterocycles. The largest absolute Gasteiger partial charge is 0.493 e. The van der Waals surface area contributed by atoms with Crippen molar-refractivity contribution < 1.29 is 62.4 Å². The van der Waals surface area contributed by atoms with Crippen molar-refractivity contribution in [1.29, 1.82) is 0 Å². The second-order valence-corrected chi connectivity index (χ2v) is 12.3.